The molecule has 5 heteroatoms. The smallest absolute Gasteiger partial charge is 0.162 e. The summed E-state index contributed by atoms with van der Waals surface area (Å²) in [5.41, 5.74) is 1.17. The standard InChI is InChI=1S/C14H17N3OS/c1-2-13(18-3-1)14-16-12(9-19-14)8-17-6-10-4-15-5-11(10)7-17/h1-3,9-11,15H,4-8H2. The average Bonchev–Trinajstić information content (AvgIpc) is 3.12. The molecule has 4 rings (SSSR count). The van der Waals surface area contributed by atoms with E-state index in [1.807, 2.05) is 12.1 Å². The molecule has 2 aromatic heterocycles. The first-order valence-electron chi connectivity index (χ1n) is 6.80. The van der Waals surface area contributed by atoms with Crippen LogP contribution in [0.4, 0.5) is 0 Å². The van der Waals surface area contributed by atoms with Gasteiger partial charge in [-0.1, -0.05) is 0 Å². The molecule has 0 aliphatic carbocycles. The van der Waals surface area contributed by atoms with Crippen LogP contribution in [0.15, 0.2) is 28.2 Å². The second-order valence-corrected chi connectivity index (χ2v) is 6.35. The third-order valence-electron chi connectivity index (χ3n) is 4.13. The monoisotopic (exact) mass is 275 g/mol. The molecule has 2 fully saturated rings. The van der Waals surface area contributed by atoms with Crippen molar-refractivity contribution in [3.63, 3.8) is 0 Å². The second-order valence-electron chi connectivity index (χ2n) is 5.49. The number of rotatable bonds is 3. The highest BCUT2D eigenvalue weighted by atomic mass is 32.1. The van der Waals surface area contributed by atoms with E-state index in [1.165, 1.54) is 31.9 Å². The highest BCUT2D eigenvalue weighted by molar-refractivity contribution is 7.13. The normalized spacial score (nSPS) is 26.9. The molecular formula is C14H17N3OS. The second kappa shape index (κ2) is 4.74. The van der Waals surface area contributed by atoms with E-state index in [0.29, 0.717) is 0 Å². The molecule has 0 radical (unpaired) electrons. The zero-order valence-corrected chi connectivity index (χ0v) is 11.5. The van der Waals surface area contributed by atoms with Crippen molar-refractivity contribution in [2.24, 2.45) is 11.8 Å². The molecule has 0 spiro atoms. The molecule has 2 aromatic rings. The summed E-state index contributed by atoms with van der Waals surface area (Å²) in [6, 6.07) is 3.87. The molecule has 0 aromatic carbocycles. The summed E-state index contributed by atoms with van der Waals surface area (Å²) in [6.07, 6.45) is 1.70. The van der Waals surface area contributed by atoms with Gasteiger partial charge in [0.05, 0.1) is 12.0 Å². The zero-order valence-electron chi connectivity index (χ0n) is 10.7. The van der Waals surface area contributed by atoms with E-state index in [0.717, 1.165) is 29.1 Å². The third-order valence-corrected chi connectivity index (χ3v) is 5.04. The van der Waals surface area contributed by atoms with Gasteiger partial charge in [0.15, 0.2) is 10.8 Å². The van der Waals surface area contributed by atoms with Gasteiger partial charge in [-0.2, -0.15) is 0 Å². The lowest BCUT2D eigenvalue weighted by Gasteiger charge is -2.14. The fourth-order valence-corrected chi connectivity index (χ4v) is 3.98. The molecule has 4 heterocycles. The summed E-state index contributed by atoms with van der Waals surface area (Å²) in [6.45, 7) is 5.78. The van der Waals surface area contributed by atoms with Gasteiger partial charge >= 0.3 is 0 Å². The number of fused-ring (bicyclic) bond motifs is 1. The van der Waals surface area contributed by atoms with Gasteiger partial charge in [0.25, 0.3) is 0 Å². The maximum atomic E-state index is 5.39. The lowest BCUT2D eigenvalue weighted by atomic mass is 10.0. The van der Waals surface area contributed by atoms with Crippen LogP contribution in [0.3, 0.4) is 0 Å². The highest BCUT2D eigenvalue weighted by Gasteiger charge is 2.35. The number of likely N-dealkylation sites (tertiary alicyclic amines) is 1. The van der Waals surface area contributed by atoms with E-state index < -0.39 is 0 Å². The summed E-state index contributed by atoms with van der Waals surface area (Å²) in [5, 5.41) is 6.62. The van der Waals surface area contributed by atoms with Crippen LogP contribution in [0.5, 0.6) is 0 Å². The first kappa shape index (κ1) is 11.6. The highest BCUT2D eigenvalue weighted by Crippen LogP contribution is 2.29. The first-order valence-corrected chi connectivity index (χ1v) is 7.68. The Morgan fingerprint density at radius 1 is 1.37 bits per heavy atom. The van der Waals surface area contributed by atoms with Crippen molar-refractivity contribution < 1.29 is 4.42 Å². The molecule has 0 bridgehead atoms. The summed E-state index contributed by atoms with van der Waals surface area (Å²) < 4.78 is 5.39. The molecule has 0 amide bonds. The van der Waals surface area contributed by atoms with Crippen molar-refractivity contribution in [2.45, 2.75) is 6.54 Å². The molecule has 2 unspecified atom stereocenters. The van der Waals surface area contributed by atoms with E-state index in [-0.39, 0.29) is 0 Å². The Balaban J connectivity index is 1.44. The molecule has 4 nitrogen and oxygen atoms in total. The third kappa shape index (κ3) is 2.22. The van der Waals surface area contributed by atoms with Gasteiger partial charge in [0, 0.05) is 25.0 Å². The molecule has 1 N–H and O–H groups in total. The van der Waals surface area contributed by atoms with E-state index in [2.05, 4.69) is 20.6 Å². The molecule has 19 heavy (non-hydrogen) atoms. The molecular weight excluding hydrogens is 258 g/mol. The van der Waals surface area contributed by atoms with Gasteiger partial charge < -0.3 is 9.73 Å². The Hall–Kier alpha value is -1.17. The van der Waals surface area contributed by atoms with Crippen LogP contribution in [-0.4, -0.2) is 36.1 Å². The average molecular weight is 275 g/mol. The Morgan fingerprint density at radius 3 is 2.95 bits per heavy atom. The van der Waals surface area contributed by atoms with Crippen molar-refractivity contribution in [3.05, 3.63) is 29.5 Å². The molecule has 0 saturated carbocycles. The van der Waals surface area contributed by atoms with Crippen LogP contribution in [0.1, 0.15) is 5.69 Å². The van der Waals surface area contributed by atoms with Crippen LogP contribution in [0, 0.1) is 11.8 Å². The number of nitrogens with zero attached hydrogens (tertiary/aromatic N) is 2. The van der Waals surface area contributed by atoms with Gasteiger partial charge in [0.2, 0.25) is 0 Å². The lowest BCUT2D eigenvalue weighted by Crippen LogP contribution is -2.25. The Kier molecular flexibility index (Phi) is 2.90. The fourth-order valence-electron chi connectivity index (χ4n) is 3.20. The van der Waals surface area contributed by atoms with Gasteiger partial charge in [-0.25, -0.2) is 4.98 Å². The molecule has 2 atom stereocenters. The van der Waals surface area contributed by atoms with E-state index in [1.54, 1.807) is 17.6 Å². The predicted octanol–water partition coefficient (Wildman–Crippen LogP) is 2.05. The predicted molar refractivity (Wildman–Crippen MR) is 74.9 cm³/mol. The van der Waals surface area contributed by atoms with Crippen LogP contribution in [-0.2, 0) is 6.54 Å². The summed E-state index contributed by atoms with van der Waals surface area (Å²) in [5.74, 6) is 2.57. The Morgan fingerprint density at radius 2 is 2.21 bits per heavy atom. The fraction of sp³-hybridized carbons (Fsp3) is 0.500. The molecule has 2 aliphatic rings. The number of nitrogens with one attached hydrogen (secondary N) is 1. The van der Waals surface area contributed by atoms with Crippen molar-refractivity contribution in [2.75, 3.05) is 26.2 Å². The molecule has 2 saturated heterocycles. The maximum absolute atomic E-state index is 5.39. The zero-order chi connectivity index (χ0) is 12.7. The van der Waals surface area contributed by atoms with Crippen molar-refractivity contribution in [1.29, 1.82) is 0 Å². The van der Waals surface area contributed by atoms with Crippen LogP contribution in [0.2, 0.25) is 0 Å². The number of thiazole rings is 1. The van der Waals surface area contributed by atoms with Gasteiger partial charge in [-0.3, -0.25) is 4.90 Å². The van der Waals surface area contributed by atoms with Crippen LogP contribution < -0.4 is 5.32 Å². The summed E-state index contributed by atoms with van der Waals surface area (Å²) >= 11 is 1.67. The number of aromatic nitrogens is 1. The minimum Gasteiger partial charge on any atom is -0.462 e. The van der Waals surface area contributed by atoms with Gasteiger partial charge in [-0.15, -0.1) is 11.3 Å². The van der Waals surface area contributed by atoms with E-state index in [4.69, 9.17) is 4.42 Å². The quantitative estimate of drug-likeness (QED) is 0.931. The first-order chi connectivity index (χ1) is 9.38. The number of furan rings is 1. The maximum Gasteiger partial charge on any atom is 0.162 e. The van der Waals surface area contributed by atoms with Gasteiger partial charge in [-0.05, 0) is 37.1 Å². The minimum absolute atomic E-state index is 0.850. The molecule has 100 valence electrons. The Labute approximate surface area is 116 Å². The minimum atomic E-state index is 0.850. The largest absolute Gasteiger partial charge is 0.462 e. The SMILES string of the molecule is c1coc(-c2nc(CN3CC4CNCC4C3)cs2)c1. The van der Waals surface area contributed by atoms with E-state index >= 15 is 0 Å². The lowest BCUT2D eigenvalue weighted by molar-refractivity contribution is 0.302. The Bertz CT molecular complexity index is 539. The number of hydrogen-bond acceptors (Lipinski definition) is 5. The summed E-state index contributed by atoms with van der Waals surface area (Å²) in [7, 11) is 0. The molecule has 2 aliphatic heterocycles. The van der Waals surface area contributed by atoms with Crippen LogP contribution >= 0.6 is 11.3 Å². The van der Waals surface area contributed by atoms with Gasteiger partial charge in [0.1, 0.15) is 0 Å². The van der Waals surface area contributed by atoms with Crippen molar-refractivity contribution in [1.82, 2.24) is 15.2 Å². The van der Waals surface area contributed by atoms with Crippen molar-refractivity contribution in [3.8, 4) is 10.8 Å². The van der Waals surface area contributed by atoms with E-state index in [9.17, 15) is 0 Å². The van der Waals surface area contributed by atoms with Crippen LogP contribution in [0.25, 0.3) is 10.8 Å². The topological polar surface area (TPSA) is 41.3 Å². The summed E-state index contributed by atoms with van der Waals surface area (Å²) in [4.78, 5) is 7.22. The van der Waals surface area contributed by atoms with Crippen molar-refractivity contribution >= 4 is 11.3 Å². The number of hydrogen-bond donors (Lipinski definition) is 1.